The number of hydrogen-bond acceptors (Lipinski definition) is 4. The van der Waals surface area contributed by atoms with Gasteiger partial charge in [-0.05, 0) is 48.5 Å². The van der Waals surface area contributed by atoms with E-state index in [4.69, 9.17) is 11.6 Å². The maximum atomic E-state index is 13.3. The van der Waals surface area contributed by atoms with Crippen molar-refractivity contribution in [2.24, 2.45) is 0 Å². The molecular weight excluding hydrogens is 400 g/mol. The fourth-order valence-electron chi connectivity index (χ4n) is 2.96. The molecule has 9 heteroatoms. The van der Waals surface area contributed by atoms with Gasteiger partial charge in [-0.15, -0.1) is 0 Å². The van der Waals surface area contributed by atoms with Crippen molar-refractivity contribution in [2.75, 3.05) is 4.90 Å². The van der Waals surface area contributed by atoms with Gasteiger partial charge in [-0.2, -0.15) is 5.10 Å². The van der Waals surface area contributed by atoms with Crippen molar-refractivity contribution in [2.45, 2.75) is 13.0 Å². The number of amides is 1. The topological polar surface area (TPSA) is 63.9 Å². The van der Waals surface area contributed by atoms with Gasteiger partial charge in [0.2, 0.25) is 5.91 Å². The van der Waals surface area contributed by atoms with Crippen LogP contribution in [0.25, 0.3) is 11.0 Å². The van der Waals surface area contributed by atoms with Gasteiger partial charge in [0.15, 0.2) is 5.65 Å². The molecule has 0 bridgehead atoms. The number of nitrogens with zero attached hydrogens (tertiary/aromatic N) is 5. The highest BCUT2D eigenvalue weighted by Crippen LogP contribution is 2.27. The Kier molecular flexibility index (Phi) is 5.18. The molecule has 0 atom stereocenters. The van der Waals surface area contributed by atoms with E-state index < -0.39 is 11.6 Å². The summed E-state index contributed by atoms with van der Waals surface area (Å²) in [6.45, 7) is 0.245. The monoisotopic (exact) mass is 413 g/mol. The van der Waals surface area contributed by atoms with Gasteiger partial charge < -0.3 is 0 Å². The molecule has 0 spiro atoms. The zero-order chi connectivity index (χ0) is 20.4. The Morgan fingerprint density at radius 1 is 0.966 bits per heavy atom. The van der Waals surface area contributed by atoms with Crippen LogP contribution in [0, 0.1) is 11.6 Å². The SMILES string of the molecule is O=C(CCn1ncc2c(Cl)ncnc21)N(c1ccc(F)cc1)c1ccc(F)cc1. The number of aromatic nitrogens is 4. The van der Waals surface area contributed by atoms with E-state index in [0.29, 0.717) is 22.4 Å². The van der Waals surface area contributed by atoms with E-state index >= 15 is 0 Å². The summed E-state index contributed by atoms with van der Waals surface area (Å²) in [6.07, 6.45) is 2.95. The van der Waals surface area contributed by atoms with E-state index in [1.165, 1.54) is 59.8 Å². The summed E-state index contributed by atoms with van der Waals surface area (Å²) in [7, 11) is 0. The number of rotatable bonds is 5. The Morgan fingerprint density at radius 3 is 2.14 bits per heavy atom. The van der Waals surface area contributed by atoms with Gasteiger partial charge in [0.1, 0.15) is 23.1 Å². The predicted molar refractivity (Wildman–Crippen MR) is 105 cm³/mol. The van der Waals surface area contributed by atoms with Gasteiger partial charge >= 0.3 is 0 Å². The highest BCUT2D eigenvalue weighted by atomic mass is 35.5. The molecule has 1 amide bonds. The number of benzene rings is 2. The molecule has 29 heavy (non-hydrogen) atoms. The second-order valence-electron chi connectivity index (χ2n) is 6.20. The molecule has 2 heterocycles. The number of aryl methyl sites for hydroxylation is 1. The standard InChI is InChI=1S/C20H14ClF2N5O/c21-19-17-11-26-27(20(17)25-12-24-19)10-9-18(29)28(15-5-1-13(22)2-6-15)16-7-3-14(23)4-8-16/h1-8,11-12H,9-10H2. The van der Waals surface area contributed by atoms with Crippen LogP contribution in [0.1, 0.15) is 6.42 Å². The molecule has 0 aliphatic rings. The molecule has 2 aromatic carbocycles. The highest BCUT2D eigenvalue weighted by Gasteiger charge is 2.19. The molecule has 0 radical (unpaired) electrons. The molecule has 0 saturated carbocycles. The van der Waals surface area contributed by atoms with Crippen LogP contribution >= 0.6 is 11.6 Å². The maximum absolute atomic E-state index is 13.3. The van der Waals surface area contributed by atoms with Crippen LogP contribution < -0.4 is 4.90 Å². The first-order valence-electron chi connectivity index (χ1n) is 8.69. The second kappa shape index (κ2) is 7.92. The summed E-state index contributed by atoms with van der Waals surface area (Å²) >= 11 is 6.03. The van der Waals surface area contributed by atoms with Crippen molar-refractivity contribution in [3.8, 4) is 0 Å². The largest absolute Gasteiger partial charge is 0.281 e. The first-order chi connectivity index (χ1) is 14.0. The van der Waals surface area contributed by atoms with E-state index in [1.807, 2.05) is 0 Å². The Bertz CT molecular complexity index is 1120. The predicted octanol–water partition coefficient (Wildman–Crippen LogP) is 4.51. The Hall–Kier alpha value is -3.39. The molecular formula is C20H14ClF2N5O. The quantitative estimate of drug-likeness (QED) is 0.451. The lowest BCUT2D eigenvalue weighted by molar-refractivity contribution is -0.118. The van der Waals surface area contributed by atoms with Crippen LogP contribution in [-0.4, -0.2) is 25.7 Å². The minimum atomic E-state index is -0.417. The number of halogens is 3. The zero-order valence-electron chi connectivity index (χ0n) is 15.0. The summed E-state index contributed by atoms with van der Waals surface area (Å²) in [5, 5.41) is 5.09. The Labute approximate surface area is 169 Å². The third-order valence-electron chi connectivity index (χ3n) is 4.34. The minimum Gasteiger partial charge on any atom is -0.281 e. The van der Waals surface area contributed by atoms with E-state index in [9.17, 15) is 13.6 Å². The lowest BCUT2D eigenvalue weighted by atomic mass is 10.2. The molecule has 6 nitrogen and oxygen atoms in total. The van der Waals surface area contributed by atoms with Crippen molar-refractivity contribution in [1.29, 1.82) is 0 Å². The molecule has 4 aromatic rings. The second-order valence-corrected chi connectivity index (χ2v) is 6.56. The maximum Gasteiger partial charge on any atom is 0.233 e. The summed E-state index contributed by atoms with van der Waals surface area (Å²) in [4.78, 5) is 22.5. The van der Waals surface area contributed by atoms with Crippen LogP contribution in [0.2, 0.25) is 5.15 Å². The normalized spacial score (nSPS) is 11.0. The van der Waals surface area contributed by atoms with Gasteiger partial charge in [-0.3, -0.25) is 9.69 Å². The van der Waals surface area contributed by atoms with Gasteiger partial charge in [-0.25, -0.2) is 23.4 Å². The number of carbonyl (C=O) groups is 1. The van der Waals surface area contributed by atoms with Crippen molar-refractivity contribution in [3.63, 3.8) is 0 Å². The fourth-order valence-corrected chi connectivity index (χ4v) is 3.14. The smallest absolute Gasteiger partial charge is 0.233 e. The van der Waals surface area contributed by atoms with Gasteiger partial charge in [0.05, 0.1) is 18.1 Å². The van der Waals surface area contributed by atoms with E-state index in [-0.39, 0.29) is 24.0 Å². The van der Waals surface area contributed by atoms with Crippen LogP contribution in [0.3, 0.4) is 0 Å². The summed E-state index contributed by atoms with van der Waals surface area (Å²) in [5.41, 5.74) is 1.46. The summed E-state index contributed by atoms with van der Waals surface area (Å²) in [6, 6.07) is 11.0. The molecule has 2 aromatic heterocycles. The minimum absolute atomic E-state index is 0.0765. The van der Waals surface area contributed by atoms with Gasteiger partial charge in [0.25, 0.3) is 0 Å². The van der Waals surface area contributed by atoms with Gasteiger partial charge in [-0.1, -0.05) is 11.6 Å². The number of fused-ring (bicyclic) bond motifs is 1. The van der Waals surface area contributed by atoms with Crippen molar-refractivity contribution >= 4 is 39.9 Å². The first kappa shape index (κ1) is 18.9. The molecule has 0 N–H and O–H groups in total. The first-order valence-corrected chi connectivity index (χ1v) is 9.07. The zero-order valence-corrected chi connectivity index (χ0v) is 15.7. The molecule has 0 unspecified atom stereocenters. The molecule has 0 saturated heterocycles. The third kappa shape index (κ3) is 3.93. The van der Waals surface area contributed by atoms with E-state index in [0.717, 1.165) is 0 Å². The van der Waals surface area contributed by atoms with Gasteiger partial charge in [0, 0.05) is 17.8 Å². The summed E-state index contributed by atoms with van der Waals surface area (Å²) < 4.78 is 28.2. The fraction of sp³-hybridized carbons (Fsp3) is 0.100. The van der Waals surface area contributed by atoms with Crippen LogP contribution in [0.5, 0.6) is 0 Å². The lowest BCUT2D eigenvalue weighted by Gasteiger charge is -2.23. The number of anilines is 2. The van der Waals surface area contributed by atoms with Crippen LogP contribution in [-0.2, 0) is 11.3 Å². The molecule has 0 aliphatic carbocycles. The molecule has 4 rings (SSSR count). The van der Waals surface area contributed by atoms with E-state index in [2.05, 4.69) is 15.1 Å². The average Bonchev–Trinajstić information content (AvgIpc) is 3.14. The van der Waals surface area contributed by atoms with Crippen LogP contribution in [0.15, 0.2) is 61.1 Å². The van der Waals surface area contributed by atoms with Crippen LogP contribution in [0.4, 0.5) is 20.2 Å². The lowest BCUT2D eigenvalue weighted by Crippen LogP contribution is -2.27. The number of hydrogen-bond donors (Lipinski definition) is 0. The molecule has 146 valence electrons. The average molecular weight is 414 g/mol. The van der Waals surface area contributed by atoms with E-state index in [1.54, 1.807) is 10.9 Å². The molecule has 0 aliphatic heterocycles. The number of carbonyl (C=O) groups excluding carboxylic acids is 1. The highest BCUT2D eigenvalue weighted by molar-refractivity contribution is 6.33. The molecule has 0 fully saturated rings. The third-order valence-corrected chi connectivity index (χ3v) is 4.64. The Morgan fingerprint density at radius 2 is 1.55 bits per heavy atom. The van der Waals surface area contributed by atoms with Crippen molar-refractivity contribution < 1.29 is 13.6 Å². The Balaban J connectivity index is 1.61. The van der Waals surface area contributed by atoms with Crippen molar-refractivity contribution in [3.05, 3.63) is 77.8 Å². The summed E-state index contributed by atoms with van der Waals surface area (Å²) in [5.74, 6) is -1.10. The van der Waals surface area contributed by atoms with Crippen molar-refractivity contribution in [1.82, 2.24) is 19.7 Å².